The van der Waals surface area contributed by atoms with Crippen molar-refractivity contribution in [2.45, 2.75) is 19.3 Å². The van der Waals surface area contributed by atoms with E-state index >= 15 is 0 Å². The second-order valence-electron chi connectivity index (χ2n) is 3.88. The molecule has 2 N–H and O–H groups in total. The molecule has 4 heteroatoms. The zero-order valence-electron chi connectivity index (χ0n) is 8.47. The summed E-state index contributed by atoms with van der Waals surface area (Å²) in [5, 5.41) is 0. The molecule has 2 nitrogen and oxygen atoms in total. The highest BCUT2D eigenvalue weighted by Gasteiger charge is 2.17. The van der Waals surface area contributed by atoms with Crippen molar-refractivity contribution < 1.29 is 4.39 Å². The van der Waals surface area contributed by atoms with Crippen LogP contribution in [0, 0.1) is 5.82 Å². The minimum Gasteiger partial charge on any atom is -0.399 e. The Labute approximate surface area is 97.4 Å². The van der Waals surface area contributed by atoms with Gasteiger partial charge in [0.1, 0.15) is 5.82 Å². The predicted molar refractivity (Wildman–Crippen MR) is 64.6 cm³/mol. The summed E-state index contributed by atoms with van der Waals surface area (Å²) >= 11 is 3.37. The Balaban J connectivity index is 2.33. The zero-order chi connectivity index (χ0) is 10.8. The summed E-state index contributed by atoms with van der Waals surface area (Å²) in [4.78, 5) is 2.09. The van der Waals surface area contributed by atoms with E-state index in [1.54, 1.807) is 6.07 Å². The maximum absolute atomic E-state index is 13.7. The fourth-order valence-corrected chi connectivity index (χ4v) is 2.71. The van der Waals surface area contributed by atoms with Crippen LogP contribution in [0.5, 0.6) is 0 Å². The van der Waals surface area contributed by atoms with Crippen molar-refractivity contribution in [2.75, 3.05) is 23.7 Å². The van der Waals surface area contributed by atoms with Gasteiger partial charge in [-0.1, -0.05) is 0 Å². The molecule has 1 aliphatic heterocycles. The minimum absolute atomic E-state index is 0.233. The smallest absolute Gasteiger partial charge is 0.149 e. The van der Waals surface area contributed by atoms with Gasteiger partial charge in [0.05, 0.1) is 5.69 Å². The monoisotopic (exact) mass is 272 g/mol. The van der Waals surface area contributed by atoms with Crippen molar-refractivity contribution >= 4 is 27.3 Å². The standard InChI is InChI=1S/C11H14BrFN2/c12-9-6-8(14)7-10(13)11(9)15-4-2-1-3-5-15/h6-7H,1-5,14H2. The van der Waals surface area contributed by atoms with Crippen molar-refractivity contribution in [1.29, 1.82) is 0 Å². The summed E-state index contributed by atoms with van der Waals surface area (Å²) in [5.74, 6) is -0.233. The van der Waals surface area contributed by atoms with Gasteiger partial charge in [-0.2, -0.15) is 0 Å². The first-order valence-electron chi connectivity index (χ1n) is 5.18. The molecule has 1 aliphatic rings. The SMILES string of the molecule is Nc1cc(F)c(N2CCCCC2)c(Br)c1. The lowest BCUT2D eigenvalue weighted by atomic mass is 10.1. The summed E-state index contributed by atoms with van der Waals surface area (Å²) in [6.45, 7) is 1.86. The van der Waals surface area contributed by atoms with Crippen LogP contribution < -0.4 is 10.6 Å². The van der Waals surface area contributed by atoms with E-state index in [0.717, 1.165) is 30.4 Å². The van der Waals surface area contributed by atoms with Crippen LogP contribution in [0.15, 0.2) is 16.6 Å². The highest BCUT2D eigenvalue weighted by atomic mass is 79.9. The van der Waals surface area contributed by atoms with E-state index in [0.29, 0.717) is 11.4 Å². The zero-order valence-corrected chi connectivity index (χ0v) is 10.1. The van der Waals surface area contributed by atoms with Crippen LogP contribution in [0.3, 0.4) is 0 Å². The highest BCUT2D eigenvalue weighted by Crippen LogP contribution is 2.33. The number of hydrogen-bond donors (Lipinski definition) is 1. The molecule has 0 amide bonds. The van der Waals surface area contributed by atoms with Gasteiger partial charge in [-0.3, -0.25) is 0 Å². The second kappa shape index (κ2) is 4.39. The second-order valence-corrected chi connectivity index (χ2v) is 4.74. The summed E-state index contributed by atoms with van der Waals surface area (Å²) in [6.07, 6.45) is 3.51. The predicted octanol–water partition coefficient (Wildman–Crippen LogP) is 3.16. The Bertz CT molecular complexity index is 339. The minimum atomic E-state index is -0.233. The third-order valence-electron chi connectivity index (χ3n) is 2.71. The molecule has 0 aliphatic carbocycles. The average Bonchev–Trinajstić information content (AvgIpc) is 2.17. The third kappa shape index (κ3) is 2.25. The van der Waals surface area contributed by atoms with Crippen LogP contribution in [-0.4, -0.2) is 13.1 Å². The molecule has 82 valence electrons. The Morgan fingerprint density at radius 1 is 1.20 bits per heavy atom. The first-order chi connectivity index (χ1) is 7.18. The van der Waals surface area contributed by atoms with Gasteiger partial charge in [0.2, 0.25) is 0 Å². The molecular weight excluding hydrogens is 259 g/mol. The molecule has 0 atom stereocenters. The van der Waals surface area contributed by atoms with Crippen LogP contribution in [0.25, 0.3) is 0 Å². The molecule has 1 saturated heterocycles. The van der Waals surface area contributed by atoms with E-state index in [9.17, 15) is 4.39 Å². The first kappa shape index (κ1) is 10.7. The number of nitrogen functional groups attached to an aromatic ring is 1. The molecule has 0 radical (unpaired) electrons. The van der Waals surface area contributed by atoms with Gasteiger partial charge in [-0.25, -0.2) is 4.39 Å². The lowest BCUT2D eigenvalue weighted by Gasteiger charge is -2.30. The maximum atomic E-state index is 13.7. The van der Waals surface area contributed by atoms with E-state index in [-0.39, 0.29) is 5.82 Å². The number of benzene rings is 1. The number of nitrogens with two attached hydrogens (primary N) is 1. The normalized spacial score (nSPS) is 16.8. The van der Waals surface area contributed by atoms with Crippen LogP contribution in [0.2, 0.25) is 0 Å². The molecule has 0 spiro atoms. The van der Waals surface area contributed by atoms with E-state index in [1.807, 2.05) is 0 Å². The number of hydrogen-bond acceptors (Lipinski definition) is 2. The molecular formula is C11H14BrFN2. The van der Waals surface area contributed by atoms with Gasteiger partial charge in [0, 0.05) is 23.2 Å². The molecule has 1 heterocycles. The van der Waals surface area contributed by atoms with Crippen LogP contribution in [0.4, 0.5) is 15.8 Å². The Kier molecular flexibility index (Phi) is 3.14. The molecule has 1 fully saturated rings. The van der Waals surface area contributed by atoms with Crippen LogP contribution in [0.1, 0.15) is 19.3 Å². The lowest BCUT2D eigenvalue weighted by Crippen LogP contribution is -2.30. The van der Waals surface area contributed by atoms with Gasteiger partial charge in [-0.15, -0.1) is 0 Å². The molecule has 0 bridgehead atoms. The summed E-state index contributed by atoms with van der Waals surface area (Å²) in [7, 11) is 0. The van der Waals surface area contributed by atoms with Gasteiger partial charge in [0.25, 0.3) is 0 Å². The van der Waals surface area contributed by atoms with Gasteiger partial charge >= 0.3 is 0 Å². The molecule has 0 aromatic heterocycles. The summed E-state index contributed by atoms with van der Waals surface area (Å²) < 4.78 is 14.5. The Morgan fingerprint density at radius 3 is 2.47 bits per heavy atom. The Hall–Kier alpha value is -0.770. The number of halogens is 2. The van der Waals surface area contributed by atoms with Crippen molar-refractivity contribution in [2.24, 2.45) is 0 Å². The fourth-order valence-electron chi connectivity index (χ4n) is 2.00. The van der Waals surface area contributed by atoms with E-state index in [1.165, 1.54) is 12.5 Å². The molecule has 1 aromatic carbocycles. The number of piperidine rings is 1. The van der Waals surface area contributed by atoms with Crippen molar-refractivity contribution in [3.63, 3.8) is 0 Å². The molecule has 1 aromatic rings. The highest BCUT2D eigenvalue weighted by molar-refractivity contribution is 9.10. The molecule has 0 unspecified atom stereocenters. The van der Waals surface area contributed by atoms with Crippen molar-refractivity contribution in [3.05, 3.63) is 22.4 Å². The maximum Gasteiger partial charge on any atom is 0.149 e. The van der Waals surface area contributed by atoms with Gasteiger partial charge < -0.3 is 10.6 Å². The Morgan fingerprint density at radius 2 is 1.87 bits per heavy atom. The largest absolute Gasteiger partial charge is 0.399 e. The lowest BCUT2D eigenvalue weighted by molar-refractivity contribution is 0.556. The van der Waals surface area contributed by atoms with Crippen molar-refractivity contribution in [3.8, 4) is 0 Å². The number of rotatable bonds is 1. The quantitative estimate of drug-likeness (QED) is 0.796. The van der Waals surface area contributed by atoms with E-state index in [2.05, 4.69) is 20.8 Å². The first-order valence-corrected chi connectivity index (χ1v) is 5.97. The molecule has 2 rings (SSSR count). The molecule has 15 heavy (non-hydrogen) atoms. The van der Waals surface area contributed by atoms with E-state index in [4.69, 9.17) is 5.73 Å². The van der Waals surface area contributed by atoms with Crippen molar-refractivity contribution in [1.82, 2.24) is 0 Å². The summed E-state index contributed by atoms with van der Waals surface area (Å²) in [5.41, 5.74) is 6.68. The molecule has 0 saturated carbocycles. The average molecular weight is 273 g/mol. The number of anilines is 2. The summed E-state index contributed by atoms with van der Waals surface area (Å²) in [6, 6.07) is 3.14. The van der Waals surface area contributed by atoms with Gasteiger partial charge in [-0.05, 0) is 47.3 Å². The van der Waals surface area contributed by atoms with Crippen LogP contribution >= 0.6 is 15.9 Å². The van der Waals surface area contributed by atoms with E-state index < -0.39 is 0 Å². The topological polar surface area (TPSA) is 29.3 Å². The van der Waals surface area contributed by atoms with Gasteiger partial charge in [0.15, 0.2) is 0 Å². The third-order valence-corrected chi connectivity index (χ3v) is 3.32. The fraction of sp³-hybridized carbons (Fsp3) is 0.455. The number of nitrogens with zero attached hydrogens (tertiary/aromatic N) is 1. The van der Waals surface area contributed by atoms with Crippen LogP contribution in [-0.2, 0) is 0 Å².